The molecule has 1 heterocycles. The SMILES string of the molecule is CC[C@H](C)C(/C=N/C(=O)OC(C)(C)C)C(=O)N=S(N)(=O)c1cccs1. The van der Waals surface area contributed by atoms with Crippen molar-refractivity contribution >= 4 is 39.5 Å². The number of carbonyl (C=O) groups excluding carboxylic acids is 2. The summed E-state index contributed by atoms with van der Waals surface area (Å²) in [6, 6.07) is 3.25. The van der Waals surface area contributed by atoms with Crippen molar-refractivity contribution in [1.82, 2.24) is 0 Å². The molecule has 140 valence electrons. The van der Waals surface area contributed by atoms with Crippen LogP contribution in [0.2, 0.25) is 0 Å². The predicted molar refractivity (Wildman–Crippen MR) is 100 cm³/mol. The van der Waals surface area contributed by atoms with Crippen LogP contribution >= 0.6 is 11.3 Å². The highest BCUT2D eigenvalue weighted by molar-refractivity contribution is 7.93. The van der Waals surface area contributed by atoms with E-state index in [0.717, 1.165) is 0 Å². The Kier molecular flexibility index (Phi) is 7.45. The van der Waals surface area contributed by atoms with E-state index >= 15 is 0 Å². The number of nitrogens with two attached hydrogens (primary N) is 1. The lowest BCUT2D eigenvalue weighted by molar-refractivity contribution is -0.120. The Bertz CT molecular complexity index is 742. The normalized spacial score (nSPS) is 16.9. The van der Waals surface area contributed by atoms with Crippen molar-refractivity contribution in [2.45, 2.75) is 50.8 Å². The topological polar surface area (TPSA) is 111 Å². The number of aliphatic imine (C=N–C) groups is 1. The van der Waals surface area contributed by atoms with Gasteiger partial charge in [-0.15, -0.1) is 15.7 Å². The van der Waals surface area contributed by atoms with Gasteiger partial charge < -0.3 is 4.74 Å². The lowest BCUT2D eigenvalue weighted by atomic mass is 9.92. The molecule has 0 aliphatic rings. The van der Waals surface area contributed by atoms with Gasteiger partial charge in [-0.25, -0.2) is 14.1 Å². The Morgan fingerprint density at radius 3 is 2.56 bits per heavy atom. The number of hydrogen-bond acceptors (Lipinski definition) is 5. The molecule has 0 aliphatic heterocycles. The summed E-state index contributed by atoms with van der Waals surface area (Å²) in [6.45, 7) is 8.88. The number of hydrogen-bond donors (Lipinski definition) is 1. The molecular weight excluding hydrogens is 362 g/mol. The lowest BCUT2D eigenvalue weighted by Crippen LogP contribution is -2.26. The van der Waals surface area contributed by atoms with Crippen molar-refractivity contribution in [2.75, 3.05) is 0 Å². The monoisotopic (exact) mass is 387 g/mol. The molecule has 0 aromatic carbocycles. The third-order valence-electron chi connectivity index (χ3n) is 3.29. The fraction of sp³-hybridized carbons (Fsp3) is 0.562. The number of nitrogens with zero attached hydrogens (tertiary/aromatic N) is 2. The van der Waals surface area contributed by atoms with E-state index in [-0.39, 0.29) is 5.92 Å². The first kappa shape index (κ1) is 21.5. The second-order valence-electron chi connectivity index (χ2n) is 6.60. The second-order valence-corrected chi connectivity index (χ2v) is 9.57. The number of ether oxygens (including phenoxy) is 1. The molecule has 1 rings (SSSR count). The Hall–Kier alpha value is -1.58. The van der Waals surface area contributed by atoms with Gasteiger partial charge in [-0.3, -0.25) is 4.79 Å². The third kappa shape index (κ3) is 7.05. The van der Waals surface area contributed by atoms with Crippen molar-refractivity contribution < 1.29 is 18.5 Å². The maximum Gasteiger partial charge on any atom is 0.433 e. The van der Waals surface area contributed by atoms with Crippen LogP contribution in [0.3, 0.4) is 0 Å². The van der Waals surface area contributed by atoms with Gasteiger partial charge >= 0.3 is 6.09 Å². The first-order valence-corrected chi connectivity index (χ1v) is 10.3. The zero-order valence-electron chi connectivity index (χ0n) is 15.1. The van der Waals surface area contributed by atoms with Crippen molar-refractivity contribution in [2.24, 2.45) is 26.3 Å². The van der Waals surface area contributed by atoms with Gasteiger partial charge in [0.05, 0.1) is 5.92 Å². The molecule has 2 N–H and O–H groups in total. The van der Waals surface area contributed by atoms with E-state index in [9.17, 15) is 13.8 Å². The van der Waals surface area contributed by atoms with Gasteiger partial charge in [-0.2, -0.15) is 4.99 Å². The minimum Gasteiger partial charge on any atom is -0.442 e. The summed E-state index contributed by atoms with van der Waals surface area (Å²) in [4.78, 5) is 27.9. The molecule has 0 radical (unpaired) electrons. The van der Waals surface area contributed by atoms with E-state index < -0.39 is 33.4 Å². The lowest BCUT2D eigenvalue weighted by Gasteiger charge is -2.18. The Morgan fingerprint density at radius 2 is 2.08 bits per heavy atom. The molecule has 0 saturated heterocycles. The minimum absolute atomic E-state index is 0.152. The molecule has 0 bridgehead atoms. The molecule has 7 nitrogen and oxygen atoms in total. The standard InChI is InChI=1S/C16H25N3O4S2/c1-6-11(2)12(10-18-15(21)23-16(3,4)5)14(20)19-25(17,22)13-8-7-9-24-13/h7-12H,6H2,1-5H3,(H2,17,19,20,22)/b18-10+/t11-,12?,25?/m0/s1. The predicted octanol–water partition coefficient (Wildman–Crippen LogP) is 3.64. The number of amides is 2. The second kappa shape index (κ2) is 8.68. The number of carbonyl (C=O) groups is 2. The summed E-state index contributed by atoms with van der Waals surface area (Å²) < 4.78 is 21.6. The van der Waals surface area contributed by atoms with Crippen LogP contribution in [0.25, 0.3) is 0 Å². The quantitative estimate of drug-likeness (QED) is 0.777. The van der Waals surface area contributed by atoms with Crippen LogP contribution in [0.4, 0.5) is 4.79 Å². The van der Waals surface area contributed by atoms with E-state index in [0.29, 0.717) is 10.6 Å². The number of rotatable bonds is 5. The summed E-state index contributed by atoms with van der Waals surface area (Å²) in [5.41, 5.74) is -0.681. The van der Waals surface area contributed by atoms with Crippen molar-refractivity contribution in [3.05, 3.63) is 17.5 Å². The smallest absolute Gasteiger partial charge is 0.433 e. The minimum atomic E-state index is -3.30. The average molecular weight is 388 g/mol. The maximum atomic E-state index is 12.5. The molecule has 9 heteroatoms. The van der Waals surface area contributed by atoms with Crippen LogP contribution in [0.15, 0.2) is 31.1 Å². The number of thiophene rings is 1. The molecular formula is C16H25N3O4S2. The van der Waals surface area contributed by atoms with Crippen LogP contribution in [0.1, 0.15) is 41.0 Å². The van der Waals surface area contributed by atoms with E-state index in [1.807, 2.05) is 13.8 Å². The van der Waals surface area contributed by atoms with E-state index in [2.05, 4.69) is 9.36 Å². The molecule has 0 aliphatic carbocycles. The largest absolute Gasteiger partial charge is 0.442 e. The molecule has 0 spiro atoms. The molecule has 0 saturated carbocycles. The Labute approximate surface area is 153 Å². The Balaban J connectivity index is 3.05. The fourth-order valence-electron chi connectivity index (χ4n) is 1.81. The van der Waals surface area contributed by atoms with Crippen molar-refractivity contribution in [1.29, 1.82) is 0 Å². The Morgan fingerprint density at radius 1 is 1.44 bits per heavy atom. The maximum absolute atomic E-state index is 12.5. The molecule has 0 fully saturated rings. The molecule has 2 amide bonds. The van der Waals surface area contributed by atoms with Crippen LogP contribution in [-0.4, -0.2) is 28.0 Å². The van der Waals surface area contributed by atoms with Gasteiger partial charge in [-0.1, -0.05) is 26.3 Å². The van der Waals surface area contributed by atoms with Crippen LogP contribution in [-0.2, 0) is 19.4 Å². The highest BCUT2D eigenvalue weighted by atomic mass is 32.2. The van der Waals surface area contributed by atoms with Crippen molar-refractivity contribution in [3.8, 4) is 0 Å². The molecule has 25 heavy (non-hydrogen) atoms. The summed E-state index contributed by atoms with van der Waals surface area (Å²) in [7, 11) is -3.30. The van der Waals surface area contributed by atoms with Crippen LogP contribution < -0.4 is 5.14 Å². The van der Waals surface area contributed by atoms with E-state index in [1.54, 1.807) is 38.3 Å². The van der Waals surface area contributed by atoms with Crippen molar-refractivity contribution in [3.63, 3.8) is 0 Å². The third-order valence-corrected chi connectivity index (χ3v) is 6.12. The molecule has 3 atom stereocenters. The molecule has 1 aromatic rings. The van der Waals surface area contributed by atoms with Gasteiger partial charge in [0.2, 0.25) is 0 Å². The fourth-order valence-corrected chi connectivity index (χ4v) is 3.84. The van der Waals surface area contributed by atoms with Gasteiger partial charge in [-0.05, 0) is 38.1 Å². The summed E-state index contributed by atoms with van der Waals surface area (Å²) in [5, 5.41) is 7.42. The van der Waals surface area contributed by atoms with E-state index in [4.69, 9.17) is 9.88 Å². The summed E-state index contributed by atoms with van der Waals surface area (Å²) in [5.74, 6) is -1.62. The zero-order valence-corrected chi connectivity index (χ0v) is 16.7. The average Bonchev–Trinajstić information content (AvgIpc) is 2.99. The van der Waals surface area contributed by atoms with Gasteiger partial charge in [0.15, 0.2) is 9.92 Å². The van der Waals surface area contributed by atoms with Gasteiger partial charge in [0.1, 0.15) is 9.81 Å². The summed E-state index contributed by atoms with van der Waals surface area (Å²) in [6.07, 6.45) is 1.06. The van der Waals surface area contributed by atoms with Gasteiger partial charge in [0, 0.05) is 6.21 Å². The highest BCUT2D eigenvalue weighted by Gasteiger charge is 2.25. The highest BCUT2D eigenvalue weighted by Crippen LogP contribution is 2.20. The first-order valence-electron chi connectivity index (χ1n) is 7.85. The van der Waals surface area contributed by atoms with Gasteiger partial charge in [0.25, 0.3) is 5.91 Å². The zero-order chi connectivity index (χ0) is 19.3. The van der Waals surface area contributed by atoms with Crippen LogP contribution in [0, 0.1) is 11.8 Å². The molecule has 2 unspecified atom stereocenters. The first-order chi connectivity index (χ1) is 11.5. The van der Waals surface area contributed by atoms with E-state index in [1.165, 1.54) is 17.6 Å². The summed E-state index contributed by atoms with van der Waals surface area (Å²) >= 11 is 1.17. The van der Waals surface area contributed by atoms with Crippen LogP contribution in [0.5, 0.6) is 0 Å². The molecule has 1 aromatic heterocycles.